The van der Waals surface area contributed by atoms with Gasteiger partial charge in [-0.05, 0) is 31.2 Å². The standard InChI is InChI=1S/C15H20N2O2.C2H6.C2H4/c1-13(18)6-7-14-4-3-5-15(12-14)19-11-10-17(2)9-8-16;2*1-2/h3-5,12H,8-11,16H2,1-2H3;1-2H3;1-2H2. The fourth-order valence-electron chi connectivity index (χ4n) is 1.48. The van der Waals surface area contributed by atoms with Crippen LogP contribution in [0.1, 0.15) is 26.3 Å². The molecule has 2 N–H and O–H groups in total. The van der Waals surface area contributed by atoms with Gasteiger partial charge in [-0.15, -0.1) is 13.2 Å². The molecule has 4 heteroatoms. The second-order valence-corrected chi connectivity index (χ2v) is 4.27. The molecule has 128 valence electrons. The molecule has 0 atom stereocenters. The van der Waals surface area contributed by atoms with Crippen LogP contribution >= 0.6 is 0 Å². The maximum Gasteiger partial charge on any atom is 0.202 e. The zero-order valence-electron chi connectivity index (χ0n) is 14.9. The van der Waals surface area contributed by atoms with E-state index in [-0.39, 0.29) is 5.78 Å². The van der Waals surface area contributed by atoms with E-state index in [0.717, 1.165) is 24.4 Å². The Morgan fingerprint density at radius 3 is 2.52 bits per heavy atom. The van der Waals surface area contributed by atoms with Gasteiger partial charge in [0.05, 0.1) is 0 Å². The first kappa shape index (κ1) is 23.2. The Labute approximate surface area is 141 Å². The van der Waals surface area contributed by atoms with Gasteiger partial charge in [0.2, 0.25) is 5.78 Å². The van der Waals surface area contributed by atoms with Gasteiger partial charge in [-0.1, -0.05) is 25.8 Å². The Balaban J connectivity index is 0. The first-order valence-corrected chi connectivity index (χ1v) is 7.76. The SMILES string of the molecule is C=C.CC.CC(=O)C#Cc1cccc(OCCN(C)CCN)c1. The summed E-state index contributed by atoms with van der Waals surface area (Å²) in [6.07, 6.45) is 0. The molecule has 0 aliphatic heterocycles. The number of ether oxygens (including phenoxy) is 1. The van der Waals surface area contributed by atoms with E-state index in [1.165, 1.54) is 6.92 Å². The van der Waals surface area contributed by atoms with E-state index in [9.17, 15) is 4.79 Å². The van der Waals surface area contributed by atoms with Crippen LogP contribution in [0.3, 0.4) is 0 Å². The molecule has 4 nitrogen and oxygen atoms in total. The minimum Gasteiger partial charge on any atom is -0.492 e. The normalized spacial score (nSPS) is 8.61. The summed E-state index contributed by atoms with van der Waals surface area (Å²) in [5.41, 5.74) is 6.25. The van der Waals surface area contributed by atoms with Crippen LogP contribution in [0.25, 0.3) is 0 Å². The van der Waals surface area contributed by atoms with Crippen molar-refractivity contribution in [2.45, 2.75) is 20.8 Å². The summed E-state index contributed by atoms with van der Waals surface area (Å²) in [6, 6.07) is 7.42. The summed E-state index contributed by atoms with van der Waals surface area (Å²) in [5.74, 6) is 5.93. The first-order chi connectivity index (χ1) is 11.1. The summed E-state index contributed by atoms with van der Waals surface area (Å²) < 4.78 is 5.64. The highest BCUT2D eigenvalue weighted by Crippen LogP contribution is 2.12. The molecular formula is C19H30N2O2. The van der Waals surface area contributed by atoms with Crippen LogP contribution in [0.4, 0.5) is 0 Å². The van der Waals surface area contributed by atoms with Gasteiger partial charge in [0.1, 0.15) is 12.4 Å². The molecule has 0 bridgehead atoms. The van der Waals surface area contributed by atoms with Gasteiger partial charge in [0.15, 0.2) is 0 Å². The van der Waals surface area contributed by atoms with E-state index < -0.39 is 0 Å². The van der Waals surface area contributed by atoms with Gasteiger partial charge in [-0.2, -0.15) is 0 Å². The Kier molecular flexibility index (Phi) is 16.4. The smallest absolute Gasteiger partial charge is 0.202 e. The molecule has 0 heterocycles. The van der Waals surface area contributed by atoms with Crippen molar-refractivity contribution in [3.8, 4) is 17.6 Å². The summed E-state index contributed by atoms with van der Waals surface area (Å²) in [4.78, 5) is 12.9. The lowest BCUT2D eigenvalue weighted by Gasteiger charge is -2.15. The number of rotatable bonds is 6. The lowest BCUT2D eigenvalue weighted by Crippen LogP contribution is -2.29. The van der Waals surface area contributed by atoms with E-state index in [2.05, 4.69) is 29.9 Å². The second-order valence-electron chi connectivity index (χ2n) is 4.27. The van der Waals surface area contributed by atoms with Crippen LogP contribution in [0.2, 0.25) is 0 Å². The van der Waals surface area contributed by atoms with Crippen LogP contribution in [-0.2, 0) is 4.79 Å². The van der Waals surface area contributed by atoms with Gasteiger partial charge in [0, 0.05) is 32.1 Å². The van der Waals surface area contributed by atoms with Crippen molar-refractivity contribution in [1.29, 1.82) is 0 Å². The van der Waals surface area contributed by atoms with Crippen LogP contribution in [0.15, 0.2) is 37.4 Å². The predicted octanol–water partition coefficient (Wildman–Crippen LogP) is 2.72. The molecule has 0 radical (unpaired) electrons. The third-order valence-corrected chi connectivity index (χ3v) is 2.47. The van der Waals surface area contributed by atoms with E-state index in [4.69, 9.17) is 10.5 Å². The molecule has 23 heavy (non-hydrogen) atoms. The number of benzene rings is 1. The van der Waals surface area contributed by atoms with Gasteiger partial charge >= 0.3 is 0 Å². The molecular weight excluding hydrogens is 288 g/mol. The van der Waals surface area contributed by atoms with Gasteiger partial charge < -0.3 is 15.4 Å². The number of carbonyl (C=O) groups is 1. The predicted molar refractivity (Wildman–Crippen MR) is 98.6 cm³/mol. The van der Waals surface area contributed by atoms with E-state index in [0.29, 0.717) is 13.2 Å². The van der Waals surface area contributed by atoms with Crippen molar-refractivity contribution < 1.29 is 9.53 Å². The number of hydrogen-bond acceptors (Lipinski definition) is 4. The largest absolute Gasteiger partial charge is 0.492 e. The molecule has 0 aliphatic carbocycles. The third kappa shape index (κ3) is 13.3. The first-order valence-electron chi connectivity index (χ1n) is 7.76. The molecule has 1 aromatic rings. The highest BCUT2D eigenvalue weighted by Gasteiger charge is 1.98. The number of likely N-dealkylation sites (N-methyl/N-ethyl adjacent to an activating group) is 1. The van der Waals surface area contributed by atoms with Gasteiger partial charge in [-0.25, -0.2) is 0 Å². The van der Waals surface area contributed by atoms with Crippen LogP contribution < -0.4 is 10.5 Å². The topological polar surface area (TPSA) is 55.6 Å². The third-order valence-electron chi connectivity index (χ3n) is 2.47. The Morgan fingerprint density at radius 1 is 1.30 bits per heavy atom. The number of hydrogen-bond donors (Lipinski definition) is 1. The minimum atomic E-state index is -0.144. The lowest BCUT2D eigenvalue weighted by molar-refractivity contribution is -0.111. The maximum atomic E-state index is 10.8. The van der Waals surface area contributed by atoms with Crippen LogP contribution in [0.5, 0.6) is 5.75 Å². The van der Waals surface area contributed by atoms with E-state index in [1.807, 2.05) is 45.2 Å². The quantitative estimate of drug-likeness (QED) is 0.647. The molecule has 0 unspecified atom stereocenters. The van der Waals surface area contributed by atoms with E-state index in [1.54, 1.807) is 0 Å². The monoisotopic (exact) mass is 318 g/mol. The average Bonchev–Trinajstić information content (AvgIpc) is 2.57. The fourth-order valence-corrected chi connectivity index (χ4v) is 1.48. The molecule has 0 saturated heterocycles. The highest BCUT2D eigenvalue weighted by molar-refractivity contribution is 5.93. The Morgan fingerprint density at radius 2 is 1.96 bits per heavy atom. The number of Topliss-reactive ketones (excluding diaryl/α,β-unsaturated/α-hetero) is 1. The molecule has 0 amide bonds. The van der Waals surface area contributed by atoms with Crippen molar-refractivity contribution in [2.75, 3.05) is 33.3 Å². The molecule has 1 aromatic carbocycles. The average molecular weight is 318 g/mol. The second kappa shape index (κ2) is 16.3. The molecule has 0 spiro atoms. The molecule has 1 rings (SSSR count). The lowest BCUT2D eigenvalue weighted by atomic mass is 10.2. The molecule has 0 aromatic heterocycles. The summed E-state index contributed by atoms with van der Waals surface area (Å²) in [7, 11) is 2.00. The van der Waals surface area contributed by atoms with Crippen molar-refractivity contribution in [1.82, 2.24) is 4.90 Å². The summed E-state index contributed by atoms with van der Waals surface area (Å²) in [6.45, 7) is 14.4. The van der Waals surface area contributed by atoms with Crippen LogP contribution in [-0.4, -0.2) is 44.0 Å². The zero-order chi connectivity index (χ0) is 18.1. The molecule has 0 aliphatic rings. The zero-order valence-corrected chi connectivity index (χ0v) is 14.9. The van der Waals surface area contributed by atoms with Crippen molar-refractivity contribution in [2.24, 2.45) is 5.73 Å². The van der Waals surface area contributed by atoms with Crippen molar-refractivity contribution >= 4 is 5.78 Å². The van der Waals surface area contributed by atoms with Crippen LogP contribution in [0, 0.1) is 11.8 Å². The maximum absolute atomic E-state index is 10.8. The summed E-state index contributed by atoms with van der Waals surface area (Å²) in [5, 5.41) is 0. The Hall–Kier alpha value is -2.09. The summed E-state index contributed by atoms with van der Waals surface area (Å²) >= 11 is 0. The highest BCUT2D eigenvalue weighted by atomic mass is 16.5. The minimum absolute atomic E-state index is 0.144. The van der Waals surface area contributed by atoms with Gasteiger partial charge in [-0.3, -0.25) is 4.79 Å². The number of carbonyl (C=O) groups excluding carboxylic acids is 1. The van der Waals surface area contributed by atoms with Gasteiger partial charge in [0.25, 0.3) is 0 Å². The van der Waals surface area contributed by atoms with E-state index >= 15 is 0 Å². The molecule has 0 saturated carbocycles. The fraction of sp³-hybridized carbons (Fsp3) is 0.421. The van der Waals surface area contributed by atoms with Crippen molar-refractivity contribution in [3.63, 3.8) is 0 Å². The molecule has 0 fully saturated rings. The number of ketones is 1. The van der Waals surface area contributed by atoms with Crippen molar-refractivity contribution in [3.05, 3.63) is 43.0 Å². The Bertz CT molecular complexity index is 490. The number of nitrogens with zero attached hydrogens (tertiary/aromatic N) is 1. The number of nitrogens with two attached hydrogens (primary N) is 1.